The number of likely N-dealkylation sites (N-methyl/N-ethyl adjacent to an activating group) is 1. The molecule has 2 aromatic rings. The number of rotatable bonds is 5. The number of nitrogens with zero attached hydrogens (tertiary/aromatic N) is 2. The van der Waals surface area contributed by atoms with Crippen molar-refractivity contribution in [2.75, 3.05) is 18.5 Å². The number of hydrogen-bond donors (Lipinski definition) is 1. The lowest BCUT2D eigenvalue weighted by atomic mass is 10.1. The number of anilines is 1. The van der Waals surface area contributed by atoms with Crippen molar-refractivity contribution in [3.8, 4) is 5.75 Å². The lowest BCUT2D eigenvalue weighted by Gasteiger charge is -2.35. The minimum absolute atomic E-state index is 0.00106. The van der Waals surface area contributed by atoms with Gasteiger partial charge in [0.05, 0.1) is 22.4 Å². The first-order valence-corrected chi connectivity index (χ1v) is 9.48. The number of benzene rings is 2. The summed E-state index contributed by atoms with van der Waals surface area (Å²) in [6.07, 6.45) is -0.791. The SMILES string of the molecule is CNC(=O)C1CN(C(=O)C(C)Sc2ccc([N+](=O)[O-])cc2)c2ccccc2O1. The highest BCUT2D eigenvalue weighted by molar-refractivity contribution is 8.00. The summed E-state index contributed by atoms with van der Waals surface area (Å²) in [4.78, 5) is 37.8. The largest absolute Gasteiger partial charge is 0.477 e. The minimum atomic E-state index is -0.791. The quantitative estimate of drug-likeness (QED) is 0.469. The first kappa shape index (κ1) is 19.7. The van der Waals surface area contributed by atoms with Gasteiger partial charge in [0.15, 0.2) is 6.10 Å². The predicted octanol–water partition coefficient (Wildman–Crippen LogP) is 2.62. The van der Waals surface area contributed by atoms with Crippen LogP contribution in [0.3, 0.4) is 0 Å². The average Bonchev–Trinajstić information content (AvgIpc) is 2.72. The van der Waals surface area contributed by atoms with E-state index in [2.05, 4.69) is 5.32 Å². The Morgan fingerprint density at radius 3 is 2.57 bits per heavy atom. The first-order chi connectivity index (χ1) is 13.4. The number of ether oxygens (including phenoxy) is 1. The number of hydrogen-bond acceptors (Lipinski definition) is 6. The van der Waals surface area contributed by atoms with Crippen molar-refractivity contribution in [2.45, 2.75) is 23.2 Å². The van der Waals surface area contributed by atoms with Crippen LogP contribution in [0.4, 0.5) is 11.4 Å². The van der Waals surface area contributed by atoms with Gasteiger partial charge in [-0.05, 0) is 31.2 Å². The van der Waals surface area contributed by atoms with Gasteiger partial charge in [-0.15, -0.1) is 11.8 Å². The van der Waals surface area contributed by atoms with Crippen LogP contribution in [-0.2, 0) is 9.59 Å². The van der Waals surface area contributed by atoms with E-state index < -0.39 is 16.3 Å². The first-order valence-electron chi connectivity index (χ1n) is 8.60. The number of carbonyl (C=O) groups is 2. The van der Waals surface area contributed by atoms with E-state index in [1.54, 1.807) is 48.2 Å². The molecule has 2 amide bonds. The van der Waals surface area contributed by atoms with E-state index in [0.717, 1.165) is 4.90 Å². The van der Waals surface area contributed by atoms with E-state index in [9.17, 15) is 19.7 Å². The number of para-hydroxylation sites is 2. The zero-order valence-electron chi connectivity index (χ0n) is 15.3. The number of carbonyl (C=O) groups excluding carboxylic acids is 2. The molecule has 0 spiro atoms. The van der Waals surface area contributed by atoms with E-state index in [4.69, 9.17) is 4.74 Å². The van der Waals surface area contributed by atoms with Crippen LogP contribution >= 0.6 is 11.8 Å². The number of thioether (sulfide) groups is 1. The van der Waals surface area contributed by atoms with Gasteiger partial charge < -0.3 is 15.0 Å². The van der Waals surface area contributed by atoms with Crippen LogP contribution in [0.1, 0.15) is 6.92 Å². The van der Waals surface area contributed by atoms with Crippen LogP contribution in [0.5, 0.6) is 5.75 Å². The normalized spacial score (nSPS) is 16.5. The lowest BCUT2D eigenvalue weighted by molar-refractivity contribution is -0.384. The summed E-state index contributed by atoms with van der Waals surface area (Å²) in [7, 11) is 1.52. The zero-order chi connectivity index (χ0) is 20.3. The average molecular weight is 401 g/mol. The standard InChI is InChI=1S/C19H19N3O5S/c1-12(28-14-9-7-13(8-10-14)22(25)26)19(24)21-11-17(18(23)20-2)27-16-6-4-3-5-15(16)21/h3-10,12,17H,11H2,1-2H3,(H,20,23). The van der Waals surface area contributed by atoms with Crippen molar-refractivity contribution in [2.24, 2.45) is 0 Å². The molecule has 2 atom stereocenters. The number of amides is 2. The molecule has 1 heterocycles. The second-order valence-electron chi connectivity index (χ2n) is 6.15. The molecule has 1 aliphatic heterocycles. The molecule has 146 valence electrons. The van der Waals surface area contributed by atoms with Crippen LogP contribution in [0, 0.1) is 10.1 Å². The summed E-state index contributed by atoms with van der Waals surface area (Å²) in [6.45, 7) is 1.88. The Hall–Kier alpha value is -3.07. The van der Waals surface area contributed by atoms with E-state index >= 15 is 0 Å². The van der Waals surface area contributed by atoms with E-state index in [1.807, 2.05) is 0 Å². The predicted molar refractivity (Wildman–Crippen MR) is 106 cm³/mol. The highest BCUT2D eigenvalue weighted by Gasteiger charge is 2.35. The van der Waals surface area contributed by atoms with Gasteiger partial charge in [0, 0.05) is 24.1 Å². The second kappa shape index (κ2) is 8.30. The van der Waals surface area contributed by atoms with Crippen molar-refractivity contribution in [1.82, 2.24) is 5.32 Å². The Kier molecular flexibility index (Phi) is 5.84. The molecule has 2 unspecified atom stereocenters. The van der Waals surface area contributed by atoms with Crippen molar-refractivity contribution < 1.29 is 19.2 Å². The van der Waals surface area contributed by atoms with Gasteiger partial charge in [-0.2, -0.15) is 0 Å². The number of nitro groups is 1. The van der Waals surface area contributed by atoms with Crippen LogP contribution in [-0.4, -0.2) is 41.7 Å². The molecule has 0 bridgehead atoms. The summed E-state index contributed by atoms with van der Waals surface area (Å²) >= 11 is 1.30. The summed E-state index contributed by atoms with van der Waals surface area (Å²) in [6, 6.07) is 13.1. The van der Waals surface area contributed by atoms with E-state index in [1.165, 1.54) is 30.9 Å². The fourth-order valence-corrected chi connectivity index (χ4v) is 3.79. The van der Waals surface area contributed by atoms with Crippen LogP contribution < -0.4 is 15.0 Å². The van der Waals surface area contributed by atoms with Gasteiger partial charge in [0.2, 0.25) is 5.91 Å². The van der Waals surface area contributed by atoms with Gasteiger partial charge in [0.25, 0.3) is 11.6 Å². The Bertz CT molecular complexity index is 903. The maximum absolute atomic E-state index is 13.1. The van der Waals surface area contributed by atoms with Crippen molar-refractivity contribution >= 4 is 35.0 Å². The summed E-state index contributed by atoms with van der Waals surface area (Å²) < 4.78 is 5.72. The molecule has 1 aliphatic rings. The topological polar surface area (TPSA) is 102 Å². The molecule has 2 aromatic carbocycles. The maximum Gasteiger partial charge on any atom is 0.269 e. The summed E-state index contributed by atoms with van der Waals surface area (Å²) in [5.41, 5.74) is 0.614. The molecule has 0 saturated carbocycles. The highest BCUT2D eigenvalue weighted by Crippen LogP contribution is 2.35. The van der Waals surface area contributed by atoms with Crippen LogP contribution in [0.2, 0.25) is 0 Å². The molecule has 0 fully saturated rings. The molecule has 0 aromatic heterocycles. The van der Waals surface area contributed by atoms with Gasteiger partial charge in [0.1, 0.15) is 5.75 Å². The monoisotopic (exact) mass is 401 g/mol. The fourth-order valence-electron chi connectivity index (χ4n) is 2.86. The van der Waals surface area contributed by atoms with Gasteiger partial charge >= 0.3 is 0 Å². The third kappa shape index (κ3) is 4.09. The second-order valence-corrected chi connectivity index (χ2v) is 7.56. The van der Waals surface area contributed by atoms with E-state index in [-0.39, 0.29) is 24.0 Å². The summed E-state index contributed by atoms with van der Waals surface area (Å²) in [5.74, 6) is -0.000722. The molecule has 1 N–H and O–H groups in total. The Labute approximate surface area is 166 Å². The van der Waals surface area contributed by atoms with E-state index in [0.29, 0.717) is 11.4 Å². The molecule has 0 aliphatic carbocycles. The fraction of sp³-hybridized carbons (Fsp3) is 0.263. The maximum atomic E-state index is 13.1. The van der Waals surface area contributed by atoms with Gasteiger partial charge in [-0.3, -0.25) is 19.7 Å². The van der Waals surface area contributed by atoms with Crippen LogP contribution in [0.25, 0.3) is 0 Å². The molecular weight excluding hydrogens is 382 g/mol. The number of non-ortho nitro benzene ring substituents is 1. The van der Waals surface area contributed by atoms with Gasteiger partial charge in [-0.1, -0.05) is 12.1 Å². The van der Waals surface area contributed by atoms with Crippen LogP contribution in [0.15, 0.2) is 53.4 Å². The Balaban J connectivity index is 1.79. The molecule has 9 heteroatoms. The van der Waals surface area contributed by atoms with Crippen molar-refractivity contribution in [1.29, 1.82) is 0 Å². The third-order valence-electron chi connectivity index (χ3n) is 4.29. The Morgan fingerprint density at radius 2 is 1.93 bits per heavy atom. The summed E-state index contributed by atoms with van der Waals surface area (Å²) in [5, 5.41) is 12.9. The Morgan fingerprint density at radius 1 is 1.25 bits per heavy atom. The highest BCUT2D eigenvalue weighted by atomic mass is 32.2. The number of fused-ring (bicyclic) bond motifs is 1. The molecular formula is C19H19N3O5S. The number of nitrogens with one attached hydrogen (secondary N) is 1. The lowest BCUT2D eigenvalue weighted by Crippen LogP contribution is -2.51. The molecule has 28 heavy (non-hydrogen) atoms. The van der Waals surface area contributed by atoms with Crippen molar-refractivity contribution in [3.63, 3.8) is 0 Å². The number of nitro benzene ring substituents is 1. The zero-order valence-corrected chi connectivity index (χ0v) is 16.1. The molecule has 3 rings (SSSR count). The molecule has 0 radical (unpaired) electrons. The molecule has 0 saturated heterocycles. The van der Waals surface area contributed by atoms with Gasteiger partial charge in [-0.25, -0.2) is 0 Å². The smallest absolute Gasteiger partial charge is 0.269 e. The minimum Gasteiger partial charge on any atom is -0.477 e. The molecule has 8 nitrogen and oxygen atoms in total. The third-order valence-corrected chi connectivity index (χ3v) is 5.39. The van der Waals surface area contributed by atoms with Crippen molar-refractivity contribution in [3.05, 3.63) is 58.6 Å².